The summed E-state index contributed by atoms with van der Waals surface area (Å²) in [7, 11) is 1.69. The lowest BCUT2D eigenvalue weighted by Crippen LogP contribution is -2.15. The highest BCUT2D eigenvalue weighted by molar-refractivity contribution is 5.81. The number of aromatic nitrogens is 2. The SMILES string of the molecule is COCCCn1cc(CNC2CC2)c2c(F)ccnc21. The minimum absolute atomic E-state index is 0.187. The fourth-order valence-electron chi connectivity index (χ4n) is 2.48. The van der Waals surface area contributed by atoms with E-state index >= 15 is 0 Å². The molecule has 5 heteroatoms. The molecule has 1 fully saturated rings. The van der Waals surface area contributed by atoms with Crippen molar-refractivity contribution in [2.45, 2.75) is 38.4 Å². The van der Waals surface area contributed by atoms with Gasteiger partial charge in [-0.05, 0) is 30.9 Å². The maximum Gasteiger partial charge on any atom is 0.143 e. The first-order valence-electron chi connectivity index (χ1n) is 7.14. The standard InChI is InChI=1S/C15H20FN3O/c1-20-8-2-7-19-10-11(9-18-12-3-4-12)14-13(16)5-6-17-15(14)19/h5-6,10,12,18H,2-4,7-9H2,1H3. The maximum atomic E-state index is 14.1. The van der Waals surface area contributed by atoms with Gasteiger partial charge in [0, 0.05) is 45.2 Å². The van der Waals surface area contributed by atoms with Gasteiger partial charge in [-0.25, -0.2) is 9.37 Å². The molecule has 4 nitrogen and oxygen atoms in total. The average Bonchev–Trinajstić information content (AvgIpc) is 3.20. The van der Waals surface area contributed by atoms with Crippen LogP contribution < -0.4 is 5.32 Å². The summed E-state index contributed by atoms with van der Waals surface area (Å²) < 4.78 is 21.2. The second-order valence-electron chi connectivity index (χ2n) is 5.34. The summed E-state index contributed by atoms with van der Waals surface area (Å²) in [6.45, 7) is 2.20. The van der Waals surface area contributed by atoms with E-state index in [1.807, 2.05) is 10.8 Å². The third-order valence-electron chi connectivity index (χ3n) is 3.69. The lowest BCUT2D eigenvalue weighted by Gasteiger charge is -2.03. The number of aryl methyl sites for hydroxylation is 1. The van der Waals surface area contributed by atoms with Crippen molar-refractivity contribution in [1.82, 2.24) is 14.9 Å². The Kier molecular flexibility index (Phi) is 3.98. The summed E-state index contributed by atoms with van der Waals surface area (Å²) in [6.07, 6.45) is 6.91. The van der Waals surface area contributed by atoms with Crippen LogP contribution in [0.4, 0.5) is 4.39 Å². The van der Waals surface area contributed by atoms with Crippen molar-refractivity contribution in [3.05, 3.63) is 29.8 Å². The Labute approximate surface area is 117 Å². The zero-order valence-electron chi connectivity index (χ0n) is 11.7. The van der Waals surface area contributed by atoms with E-state index < -0.39 is 0 Å². The van der Waals surface area contributed by atoms with Crippen molar-refractivity contribution in [2.24, 2.45) is 0 Å². The summed E-state index contributed by atoms with van der Waals surface area (Å²) in [5, 5.41) is 4.09. The molecule has 0 bridgehead atoms. The van der Waals surface area contributed by atoms with Crippen LogP contribution in [0.15, 0.2) is 18.5 Å². The van der Waals surface area contributed by atoms with Crippen LogP contribution >= 0.6 is 0 Å². The third kappa shape index (κ3) is 2.83. The summed E-state index contributed by atoms with van der Waals surface area (Å²) in [4.78, 5) is 4.34. The molecule has 20 heavy (non-hydrogen) atoms. The molecule has 108 valence electrons. The quantitative estimate of drug-likeness (QED) is 0.790. The van der Waals surface area contributed by atoms with Gasteiger partial charge in [0.2, 0.25) is 0 Å². The van der Waals surface area contributed by atoms with E-state index in [0.717, 1.165) is 24.2 Å². The Hall–Kier alpha value is -1.46. The molecule has 0 amide bonds. The second kappa shape index (κ2) is 5.89. The monoisotopic (exact) mass is 277 g/mol. The fourth-order valence-corrected chi connectivity index (χ4v) is 2.48. The number of ether oxygens (including phenoxy) is 1. The molecule has 1 aliphatic carbocycles. The Balaban J connectivity index is 1.87. The molecular formula is C15H20FN3O. The minimum atomic E-state index is -0.187. The number of nitrogens with zero attached hydrogens (tertiary/aromatic N) is 2. The van der Waals surface area contributed by atoms with Crippen LogP contribution in [0.1, 0.15) is 24.8 Å². The third-order valence-corrected chi connectivity index (χ3v) is 3.69. The maximum absolute atomic E-state index is 14.1. The van der Waals surface area contributed by atoms with E-state index in [-0.39, 0.29) is 5.82 Å². The summed E-state index contributed by atoms with van der Waals surface area (Å²) >= 11 is 0. The number of methoxy groups -OCH3 is 1. The average molecular weight is 277 g/mol. The van der Waals surface area contributed by atoms with Crippen molar-refractivity contribution >= 4 is 11.0 Å². The molecule has 0 aliphatic heterocycles. The van der Waals surface area contributed by atoms with Gasteiger partial charge in [-0.2, -0.15) is 0 Å². The van der Waals surface area contributed by atoms with Crippen LogP contribution in [-0.4, -0.2) is 29.3 Å². The second-order valence-corrected chi connectivity index (χ2v) is 5.34. The highest BCUT2D eigenvalue weighted by Gasteiger charge is 2.21. The van der Waals surface area contributed by atoms with Crippen molar-refractivity contribution in [1.29, 1.82) is 0 Å². The predicted molar refractivity (Wildman–Crippen MR) is 76.0 cm³/mol. The molecule has 1 saturated carbocycles. The molecule has 0 unspecified atom stereocenters. The van der Waals surface area contributed by atoms with Crippen LogP contribution in [0, 0.1) is 5.82 Å². The van der Waals surface area contributed by atoms with Crippen LogP contribution in [-0.2, 0) is 17.8 Å². The van der Waals surface area contributed by atoms with E-state index in [4.69, 9.17) is 4.74 Å². The number of hydrogen-bond acceptors (Lipinski definition) is 3. The molecule has 2 heterocycles. The molecule has 3 rings (SSSR count). The smallest absolute Gasteiger partial charge is 0.143 e. The van der Waals surface area contributed by atoms with Gasteiger partial charge in [0.15, 0.2) is 0 Å². The molecule has 0 radical (unpaired) electrons. The molecule has 1 N–H and O–H groups in total. The van der Waals surface area contributed by atoms with Gasteiger partial charge < -0.3 is 14.6 Å². The molecule has 2 aromatic heterocycles. The normalized spacial score (nSPS) is 15.1. The molecule has 0 atom stereocenters. The number of hydrogen-bond donors (Lipinski definition) is 1. The van der Waals surface area contributed by atoms with E-state index in [9.17, 15) is 4.39 Å². The Bertz CT molecular complexity index is 592. The Morgan fingerprint density at radius 2 is 2.35 bits per heavy atom. The first-order valence-corrected chi connectivity index (χ1v) is 7.14. The van der Waals surface area contributed by atoms with Gasteiger partial charge in [-0.15, -0.1) is 0 Å². The summed E-state index contributed by atoms with van der Waals surface area (Å²) in [6, 6.07) is 2.05. The largest absolute Gasteiger partial charge is 0.385 e. The van der Waals surface area contributed by atoms with Gasteiger partial charge in [-0.3, -0.25) is 0 Å². The first-order chi connectivity index (χ1) is 9.79. The number of fused-ring (bicyclic) bond motifs is 1. The number of pyridine rings is 1. The molecule has 2 aromatic rings. The number of nitrogens with one attached hydrogen (secondary N) is 1. The van der Waals surface area contributed by atoms with E-state index in [0.29, 0.717) is 24.6 Å². The van der Waals surface area contributed by atoms with Gasteiger partial charge in [0.05, 0.1) is 5.39 Å². The topological polar surface area (TPSA) is 39.1 Å². The molecule has 0 spiro atoms. The van der Waals surface area contributed by atoms with Crippen molar-refractivity contribution in [2.75, 3.05) is 13.7 Å². The van der Waals surface area contributed by atoms with Crippen LogP contribution in [0.25, 0.3) is 11.0 Å². The van der Waals surface area contributed by atoms with Gasteiger partial charge >= 0.3 is 0 Å². The lowest BCUT2D eigenvalue weighted by atomic mass is 10.2. The minimum Gasteiger partial charge on any atom is -0.385 e. The lowest BCUT2D eigenvalue weighted by molar-refractivity contribution is 0.190. The fraction of sp³-hybridized carbons (Fsp3) is 0.533. The molecular weight excluding hydrogens is 257 g/mol. The van der Waals surface area contributed by atoms with Crippen LogP contribution in [0.5, 0.6) is 0 Å². The first kappa shape index (κ1) is 13.5. The van der Waals surface area contributed by atoms with E-state index in [1.54, 1.807) is 7.11 Å². The highest BCUT2D eigenvalue weighted by Crippen LogP contribution is 2.25. The summed E-state index contributed by atoms with van der Waals surface area (Å²) in [5.74, 6) is -0.187. The predicted octanol–water partition coefficient (Wildman–Crippen LogP) is 2.46. The molecule has 0 aromatic carbocycles. The van der Waals surface area contributed by atoms with Crippen molar-refractivity contribution in [3.8, 4) is 0 Å². The van der Waals surface area contributed by atoms with Gasteiger partial charge in [0.1, 0.15) is 11.5 Å². The zero-order chi connectivity index (χ0) is 13.9. The highest BCUT2D eigenvalue weighted by atomic mass is 19.1. The Morgan fingerprint density at radius 3 is 3.10 bits per heavy atom. The zero-order valence-corrected chi connectivity index (χ0v) is 11.7. The Morgan fingerprint density at radius 1 is 1.50 bits per heavy atom. The van der Waals surface area contributed by atoms with Gasteiger partial charge in [-0.1, -0.05) is 0 Å². The summed E-state index contributed by atoms with van der Waals surface area (Å²) in [5.41, 5.74) is 1.73. The van der Waals surface area contributed by atoms with Crippen LogP contribution in [0.2, 0.25) is 0 Å². The van der Waals surface area contributed by atoms with Crippen molar-refractivity contribution < 1.29 is 9.13 Å². The number of halogens is 1. The molecule has 1 aliphatic rings. The van der Waals surface area contributed by atoms with Crippen LogP contribution in [0.3, 0.4) is 0 Å². The van der Waals surface area contributed by atoms with Crippen molar-refractivity contribution in [3.63, 3.8) is 0 Å². The van der Waals surface area contributed by atoms with E-state index in [2.05, 4.69) is 10.3 Å². The van der Waals surface area contributed by atoms with E-state index in [1.165, 1.54) is 25.1 Å². The van der Waals surface area contributed by atoms with Gasteiger partial charge in [0.25, 0.3) is 0 Å². The number of rotatable bonds is 7. The molecule has 0 saturated heterocycles.